The molecule has 0 aliphatic carbocycles. The van der Waals surface area contributed by atoms with E-state index in [2.05, 4.69) is 115 Å². The Morgan fingerprint density at radius 2 is 1.01 bits per heavy atom. The van der Waals surface area contributed by atoms with Gasteiger partial charge in [-0.25, -0.2) is 4.18 Å². The number of ether oxygens (including phenoxy) is 4. The van der Waals surface area contributed by atoms with Gasteiger partial charge in [-0.15, -0.1) is 0 Å². The normalized spacial score (nSPS) is 20.1. The lowest BCUT2D eigenvalue weighted by molar-refractivity contribution is -0.301. The van der Waals surface area contributed by atoms with Gasteiger partial charge in [0.25, 0.3) is 0 Å². The quantitative estimate of drug-likeness (QED) is 0.0197. The van der Waals surface area contributed by atoms with E-state index in [-0.39, 0.29) is 19.6 Å². The van der Waals surface area contributed by atoms with Crippen molar-refractivity contribution in [3.63, 3.8) is 0 Å². The molecule has 0 spiro atoms. The summed E-state index contributed by atoms with van der Waals surface area (Å²) in [5.41, 5.74) is 0. The molecule has 0 saturated carbocycles. The Labute approximate surface area is 412 Å². The first-order chi connectivity index (χ1) is 33.1. The van der Waals surface area contributed by atoms with E-state index in [1.54, 1.807) is 0 Å². The maximum absolute atomic E-state index is 12.9. The average Bonchev–Trinajstić information content (AvgIpc) is 3.31. The third kappa shape index (κ3) is 37.9. The highest BCUT2D eigenvalue weighted by molar-refractivity contribution is 7.80. The molecule has 6 atom stereocenters. The first kappa shape index (κ1) is 63.0. The van der Waals surface area contributed by atoms with Crippen molar-refractivity contribution >= 4 is 16.4 Å². The van der Waals surface area contributed by atoms with Gasteiger partial charge in [0.1, 0.15) is 30.5 Å². The molecule has 6 unspecified atom stereocenters. The van der Waals surface area contributed by atoms with Crippen LogP contribution in [0.25, 0.3) is 0 Å². The summed E-state index contributed by atoms with van der Waals surface area (Å²) in [6, 6.07) is 0. The molecule has 0 aromatic rings. The van der Waals surface area contributed by atoms with Crippen molar-refractivity contribution in [1.29, 1.82) is 0 Å². The Hall–Kier alpha value is -2.98. The van der Waals surface area contributed by atoms with Gasteiger partial charge in [-0.1, -0.05) is 175 Å². The van der Waals surface area contributed by atoms with E-state index in [0.717, 1.165) is 96.3 Å². The predicted molar refractivity (Wildman–Crippen MR) is 275 cm³/mol. The largest absolute Gasteiger partial charge is 0.457 e. The van der Waals surface area contributed by atoms with Crippen LogP contribution in [0.5, 0.6) is 0 Å². The number of aliphatic hydroxyl groups is 3. The van der Waals surface area contributed by atoms with Crippen molar-refractivity contribution in [3.05, 3.63) is 97.2 Å². The molecule has 1 aliphatic heterocycles. The smallest absolute Gasteiger partial charge is 0.397 e. The lowest BCUT2D eigenvalue weighted by atomic mass is 9.99. The second kappa shape index (κ2) is 45.2. The molecule has 1 rings (SSSR count). The number of allylic oxidation sites excluding steroid dienone is 16. The van der Waals surface area contributed by atoms with Crippen LogP contribution in [0.1, 0.15) is 181 Å². The van der Waals surface area contributed by atoms with Gasteiger partial charge in [-0.3, -0.25) is 9.35 Å². The van der Waals surface area contributed by atoms with E-state index >= 15 is 0 Å². The summed E-state index contributed by atoms with van der Waals surface area (Å²) in [7, 11) is -5.08. The summed E-state index contributed by atoms with van der Waals surface area (Å²) in [5, 5.41) is 30.8. The fourth-order valence-electron chi connectivity index (χ4n) is 7.29. The number of hydrogen-bond donors (Lipinski definition) is 4. The number of hydrogen-bond acceptors (Lipinski definition) is 11. The van der Waals surface area contributed by atoms with E-state index in [4.69, 9.17) is 18.9 Å². The van der Waals surface area contributed by atoms with Crippen molar-refractivity contribution in [1.82, 2.24) is 0 Å². The van der Waals surface area contributed by atoms with Crippen molar-refractivity contribution in [2.24, 2.45) is 0 Å². The molecular weight excluding hydrogens is 885 g/mol. The van der Waals surface area contributed by atoms with E-state index in [1.165, 1.54) is 57.8 Å². The second-order valence-electron chi connectivity index (χ2n) is 17.4. The van der Waals surface area contributed by atoms with E-state index in [1.807, 2.05) is 0 Å². The van der Waals surface area contributed by atoms with E-state index in [9.17, 15) is 33.1 Å². The van der Waals surface area contributed by atoms with Gasteiger partial charge in [0.2, 0.25) is 0 Å². The highest BCUT2D eigenvalue weighted by Crippen LogP contribution is 2.26. The Balaban J connectivity index is 2.40. The maximum atomic E-state index is 12.9. The van der Waals surface area contributed by atoms with Crippen LogP contribution >= 0.6 is 0 Å². The second-order valence-corrected chi connectivity index (χ2v) is 18.4. The van der Waals surface area contributed by atoms with Gasteiger partial charge in [0.15, 0.2) is 6.29 Å². The third-order valence-corrected chi connectivity index (χ3v) is 11.7. The first-order valence-corrected chi connectivity index (χ1v) is 27.4. The van der Waals surface area contributed by atoms with Crippen molar-refractivity contribution in [2.45, 2.75) is 218 Å². The molecule has 0 radical (unpaired) electrons. The van der Waals surface area contributed by atoms with Crippen molar-refractivity contribution in [3.8, 4) is 0 Å². The first-order valence-electron chi connectivity index (χ1n) is 26.0. The summed E-state index contributed by atoms with van der Waals surface area (Å²) < 4.78 is 59.2. The highest BCUT2D eigenvalue weighted by Gasteiger charge is 2.48. The molecule has 13 heteroatoms. The van der Waals surface area contributed by atoms with Gasteiger partial charge in [-0.05, 0) is 96.3 Å². The van der Waals surface area contributed by atoms with Gasteiger partial charge < -0.3 is 34.3 Å². The third-order valence-electron chi connectivity index (χ3n) is 11.2. The minimum atomic E-state index is -5.08. The monoisotopic (exact) mass is 977 g/mol. The molecule has 0 amide bonds. The zero-order chi connectivity index (χ0) is 49.6. The molecule has 1 fully saturated rings. The molecule has 390 valence electrons. The Bertz CT molecular complexity index is 1550. The van der Waals surface area contributed by atoms with Crippen LogP contribution in [0, 0.1) is 0 Å². The number of carbonyl (C=O) groups excluding carboxylic acids is 1. The SMILES string of the molecule is CC/C=C\C/C=C\C/C=C\C/C=C\C/C=C\C/C=C\CCCCCOCC(COC1OC(CO)C(O)C(OS(=O)(=O)O)C1O)OC(=O)CCCCCCCCCCC/C=C\C/C=C\CCCCC. The van der Waals surface area contributed by atoms with Crippen LogP contribution in [-0.2, 0) is 38.3 Å². The number of carbonyl (C=O) groups is 1. The predicted octanol–water partition coefficient (Wildman–Crippen LogP) is 12.2. The topological polar surface area (TPSA) is 178 Å². The van der Waals surface area contributed by atoms with Crippen LogP contribution in [0.2, 0.25) is 0 Å². The van der Waals surface area contributed by atoms with E-state index in [0.29, 0.717) is 13.0 Å². The van der Waals surface area contributed by atoms with Crippen LogP contribution in [0.4, 0.5) is 0 Å². The van der Waals surface area contributed by atoms with Gasteiger partial charge in [-0.2, -0.15) is 8.42 Å². The van der Waals surface area contributed by atoms with Gasteiger partial charge >= 0.3 is 16.4 Å². The summed E-state index contributed by atoms with van der Waals surface area (Å²) in [5.74, 6) is -0.419. The van der Waals surface area contributed by atoms with Crippen molar-refractivity contribution in [2.75, 3.05) is 26.4 Å². The molecule has 4 N–H and O–H groups in total. The Morgan fingerprint density at radius 1 is 0.574 bits per heavy atom. The van der Waals surface area contributed by atoms with Crippen LogP contribution in [0.15, 0.2) is 97.2 Å². The van der Waals surface area contributed by atoms with Gasteiger partial charge in [0.05, 0.1) is 19.8 Å². The minimum absolute atomic E-state index is 0.00549. The minimum Gasteiger partial charge on any atom is -0.457 e. The number of esters is 1. The molecule has 12 nitrogen and oxygen atoms in total. The zero-order valence-corrected chi connectivity index (χ0v) is 42.7. The highest BCUT2D eigenvalue weighted by atomic mass is 32.3. The fraction of sp³-hybridized carbons (Fsp3) is 0.691. The zero-order valence-electron chi connectivity index (χ0n) is 41.9. The molecule has 0 aromatic heterocycles. The molecule has 0 aromatic carbocycles. The van der Waals surface area contributed by atoms with Crippen LogP contribution in [0.3, 0.4) is 0 Å². The fourth-order valence-corrected chi connectivity index (χ4v) is 7.80. The average molecular weight is 977 g/mol. The lowest BCUT2D eigenvalue weighted by Gasteiger charge is -2.41. The lowest BCUT2D eigenvalue weighted by Crippen LogP contribution is -2.60. The molecule has 1 heterocycles. The van der Waals surface area contributed by atoms with E-state index < -0.39 is 59.8 Å². The van der Waals surface area contributed by atoms with Gasteiger partial charge in [0, 0.05) is 13.0 Å². The molecule has 0 bridgehead atoms. The van der Waals surface area contributed by atoms with Crippen LogP contribution in [-0.4, -0.2) is 97.5 Å². The summed E-state index contributed by atoms with van der Waals surface area (Å²) >= 11 is 0. The molecule has 68 heavy (non-hydrogen) atoms. The number of rotatable bonds is 44. The summed E-state index contributed by atoms with van der Waals surface area (Å²) in [4.78, 5) is 12.9. The summed E-state index contributed by atoms with van der Waals surface area (Å²) in [6.07, 6.45) is 52.9. The summed E-state index contributed by atoms with van der Waals surface area (Å²) in [6.45, 7) is 3.76. The Kier molecular flexibility index (Phi) is 41.9. The van der Waals surface area contributed by atoms with Crippen LogP contribution < -0.4 is 0 Å². The molecule has 1 saturated heterocycles. The number of aliphatic hydroxyl groups excluding tert-OH is 3. The standard InChI is InChI=1S/C55H92O12S/c1-3-5-7-9-11-13-15-17-19-21-23-24-25-27-29-31-33-35-37-39-41-43-45-63-47-49(48-64-55-53(59)54(67-68(60,61)62)52(58)50(46-56)66-55)65-51(57)44-42-40-38-36-34-32-30-28-26-22-20-18-16-14-12-10-8-6-4-2/h5,7,11-14,17-20,23-24,27,29,33,35,49-50,52-56,58-59H,3-4,6,8-10,15-16,21-22,25-26,28,30-32,34,36-48H2,1-2H3,(H,60,61,62)/b7-5-,13-11-,14-12-,19-17-,20-18-,24-23-,29-27-,35-33-. The van der Waals surface area contributed by atoms with Crippen molar-refractivity contribution < 1.29 is 56.2 Å². The molecule has 1 aliphatic rings. The maximum Gasteiger partial charge on any atom is 0.397 e. The molecular formula is C55H92O12S. The Morgan fingerprint density at radius 3 is 1.49 bits per heavy atom. The number of unbranched alkanes of at least 4 members (excludes halogenated alkanes) is 15.